The molecule has 22 heavy (non-hydrogen) atoms. The van der Waals surface area contributed by atoms with Crippen molar-refractivity contribution >= 4 is 11.8 Å². The van der Waals surface area contributed by atoms with Gasteiger partial charge in [0.05, 0.1) is 25.3 Å². The van der Waals surface area contributed by atoms with E-state index in [1.54, 1.807) is 4.90 Å². The molecule has 0 aliphatic carbocycles. The minimum Gasteiger partial charge on any atom is -0.395 e. The number of morpholine rings is 1. The Morgan fingerprint density at radius 2 is 2.23 bits per heavy atom. The number of carbonyl (C=O) groups excluding carboxylic acids is 1. The van der Waals surface area contributed by atoms with Crippen LogP contribution in [-0.2, 0) is 11.8 Å². The fourth-order valence-electron chi connectivity index (χ4n) is 2.59. The van der Waals surface area contributed by atoms with Crippen molar-refractivity contribution in [2.45, 2.75) is 6.04 Å². The van der Waals surface area contributed by atoms with E-state index in [1.165, 1.54) is 12.1 Å². The molecule has 8 heteroatoms. The smallest absolute Gasteiger partial charge is 0.395 e. The lowest BCUT2D eigenvalue weighted by Crippen LogP contribution is -2.43. The molecule has 8 nitrogen and oxygen atoms in total. The van der Waals surface area contributed by atoms with Crippen LogP contribution in [0, 0.1) is 10.1 Å². The molecular formula is C14H15N3O5. The fourth-order valence-corrected chi connectivity index (χ4v) is 2.59. The highest BCUT2D eigenvalue weighted by Crippen LogP contribution is 2.27. The zero-order valence-electron chi connectivity index (χ0n) is 12.0. The summed E-state index contributed by atoms with van der Waals surface area (Å²) in [4.78, 5) is 24.2. The molecular weight excluding hydrogens is 290 g/mol. The van der Waals surface area contributed by atoms with E-state index in [-0.39, 0.29) is 17.7 Å². The first-order chi connectivity index (χ1) is 10.6. The number of rotatable bonds is 3. The SMILES string of the molecule is Cn1cccc1[C@H]1COCCN1C(=O)c1ccc([N+](=O)[O-])o1. The van der Waals surface area contributed by atoms with Crippen LogP contribution in [-0.4, -0.2) is 40.1 Å². The lowest BCUT2D eigenvalue weighted by Gasteiger charge is -2.35. The largest absolute Gasteiger partial charge is 0.433 e. The average molecular weight is 305 g/mol. The quantitative estimate of drug-likeness (QED) is 0.636. The van der Waals surface area contributed by atoms with E-state index in [0.29, 0.717) is 19.8 Å². The lowest BCUT2D eigenvalue weighted by atomic mass is 10.1. The summed E-state index contributed by atoms with van der Waals surface area (Å²) in [6, 6.07) is 6.09. The first-order valence-corrected chi connectivity index (χ1v) is 6.82. The third-order valence-electron chi connectivity index (χ3n) is 3.70. The van der Waals surface area contributed by atoms with Crippen LogP contribution in [0.1, 0.15) is 22.3 Å². The molecule has 0 saturated carbocycles. The Hall–Kier alpha value is -2.61. The second kappa shape index (κ2) is 5.64. The maximum absolute atomic E-state index is 12.6. The van der Waals surface area contributed by atoms with Gasteiger partial charge in [0.15, 0.2) is 5.76 Å². The topological polar surface area (TPSA) is 90.8 Å². The number of amides is 1. The van der Waals surface area contributed by atoms with Gasteiger partial charge in [-0.3, -0.25) is 14.9 Å². The molecule has 3 rings (SSSR count). The Labute approximate surface area is 126 Å². The minimum atomic E-state index is -0.662. The zero-order chi connectivity index (χ0) is 15.7. The lowest BCUT2D eigenvalue weighted by molar-refractivity contribution is -0.402. The molecule has 1 atom stereocenters. The summed E-state index contributed by atoms with van der Waals surface area (Å²) in [6.45, 7) is 1.21. The van der Waals surface area contributed by atoms with Gasteiger partial charge in [0.2, 0.25) is 0 Å². The molecule has 0 radical (unpaired) electrons. The van der Waals surface area contributed by atoms with E-state index in [9.17, 15) is 14.9 Å². The zero-order valence-corrected chi connectivity index (χ0v) is 12.0. The summed E-state index contributed by atoms with van der Waals surface area (Å²) in [5.41, 5.74) is 0.939. The van der Waals surface area contributed by atoms with Crippen molar-refractivity contribution in [3.05, 3.63) is 52.0 Å². The number of aryl methyl sites for hydroxylation is 1. The molecule has 0 spiro atoms. The molecule has 3 heterocycles. The predicted octanol–water partition coefficient (Wildman–Crippen LogP) is 1.74. The van der Waals surface area contributed by atoms with Gasteiger partial charge in [0.25, 0.3) is 5.91 Å². The number of aromatic nitrogens is 1. The van der Waals surface area contributed by atoms with Crippen molar-refractivity contribution in [3.63, 3.8) is 0 Å². The molecule has 1 saturated heterocycles. The number of hydrogen-bond acceptors (Lipinski definition) is 5. The highest BCUT2D eigenvalue weighted by atomic mass is 16.6. The van der Waals surface area contributed by atoms with Gasteiger partial charge in [-0.2, -0.15) is 0 Å². The van der Waals surface area contributed by atoms with Gasteiger partial charge in [-0.1, -0.05) is 0 Å². The Morgan fingerprint density at radius 3 is 2.86 bits per heavy atom. The number of nitrogens with zero attached hydrogens (tertiary/aromatic N) is 3. The van der Waals surface area contributed by atoms with Gasteiger partial charge in [-0.15, -0.1) is 0 Å². The molecule has 2 aromatic heterocycles. The highest BCUT2D eigenvalue weighted by molar-refractivity contribution is 5.92. The summed E-state index contributed by atoms with van der Waals surface area (Å²) >= 11 is 0. The number of carbonyl (C=O) groups is 1. The van der Waals surface area contributed by atoms with Crippen LogP contribution in [0.3, 0.4) is 0 Å². The summed E-state index contributed by atoms with van der Waals surface area (Å²) in [5.74, 6) is -0.845. The second-order valence-corrected chi connectivity index (χ2v) is 5.03. The molecule has 1 aliphatic heterocycles. The molecule has 1 aliphatic rings. The van der Waals surface area contributed by atoms with Crippen LogP contribution in [0.5, 0.6) is 0 Å². The van der Waals surface area contributed by atoms with Crippen molar-refractivity contribution in [2.75, 3.05) is 19.8 Å². The van der Waals surface area contributed by atoms with E-state index in [0.717, 1.165) is 5.69 Å². The van der Waals surface area contributed by atoms with E-state index < -0.39 is 10.8 Å². The van der Waals surface area contributed by atoms with Gasteiger partial charge in [0, 0.05) is 25.5 Å². The van der Waals surface area contributed by atoms with Crippen LogP contribution in [0.2, 0.25) is 0 Å². The van der Waals surface area contributed by atoms with E-state index in [4.69, 9.17) is 9.15 Å². The highest BCUT2D eigenvalue weighted by Gasteiger charge is 2.32. The van der Waals surface area contributed by atoms with Gasteiger partial charge >= 0.3 is 5.88 Å². The van der Waals surface area contributed by atoms with Gasteiger partial charge in [-0.25, -0.2) is 0 Å². The molecule has 0 bridgehead atoms. The van der Waals surface area contributed by atoms with Crippen LogP contribution in [0.4, 0.5) is 5.88 Å². The van der Waals surface area contributed by atoms with Gasteiger partial charge in [0.1, 0.15) is 4.92 Å². The maximum atomic E-state index is 12.6. The summed E-state index contributed by atoms with van der Waals surface area (Å²) in [5, 5.41) is 10.7. The molecule has 2 aromatic rings. The van der Waals surface area contributed by atoms with Crippen molar-refractivity contribution < 1.29 is 18.9 Å². The first kappa shape index (κ1) is 14.3. The van der Waals surface area contributed by atoms with Crippen LogP contribution >= 0.6 is 0 Å². The average Bonchev–Trinajstić information content (AvgIpc) is 3.15. The molecule has 0 unspecified atom stereocenters. The third-order valence-corrected chi connectivity index (χ3v) is 3.70. The van der Waals surface area contributed by atoms with Crippen molar-refractivity contribution in [2.24, 2.45) is 7.05 Å². The van der Waals surface area contributed by atoms with Crippen LogP contribution in [0.25, 0.3) is 0 Å². The standard InChI is InChI=1S/C14H15N3O5/c1-15-6-2-3-10(15)11-9-21-8-7-16(11)14(18)12-4-5-13(22-12)17(19)20/h2-6,11H,7-9H2,1H3/t11-/m1/s1. The molecule has 116 valence electrons. The number of furan rings is 1. The van der Waals surface area contributed by atoms with E-state index >= 15 is 0 Å². The van der Waals surface area contributed by atoms with Crippen molar-refractivity contribution in [1.29, 1.82) is 0 Å². The second-order valence-electron chi connectivity index (χ2n) is 5.03. The van der Waals surface area contributed by atoms with Crippen molar-refractivity contribution in [3.8, 4) is 0 Å². The monoisotopic (exact) mass is 305 g/mol. The summed E-state index contributed by atoms with van der Waals surface area (Å²) in [7, 11) is 1.89. The Morgan fingerprint density at radius 1 is 1.41 bits per heavy atom. The first-order valence-electron chi connectivity index (χ1n) is 6.82. The Kier molecular flexibility index (Phi) is 3.68. The van der Waals surface area contributed by atoms with Gasteiger partial charge < -0.3 is 18.6 Å². The number of nitro groups is 1. The molecule has 1 amide bonds. The predicted molar refractivity (Wildman–Crippen MR) is 75.4 cm³/mol. The Bertz CT molecular complexity index is 705. The molecule has 0 N–H and O–H groups in total. The minimum absolute atomic E-state index is 0.0344. The third kappa shape index (κ3) is 2.48. The molecule has 0 aromatic carbocycles. The van der Waals surface area contributed by atoms with Gasteiger partial charge in [-0.05, 0) is 18.2 Å². The van der Waals surface area contributed by atoms with E-state index in [2.05, 4.69) is 0 Å². The number of ether oxygens (including phenoxy) is 1. The fraction of sp³-hybridized carbons (Fsp3) is 0.357. The Balaban J connectivity index is 1.88. The van der Waals surface area contributed by atoms with Crippen LogP contribution in [0.15, 0.2) is 34.9 Å². The molecule has 1 fully saturated rings. The normalized spacial score (nSPS) is 18.4. The van der Waals surface area contributed by atoms with Crippen LogP contribution < -0.4 is 0 Å². The number of hydrogen-bond donors (Lipinski definition) is 0. The maximum Gasteiger partial charge on any atom is 0.433 e. The van der Waals surface area contributed by atoms with Crippen molar-refractivity contribution in [1.82, 2.24) is 9.47 Å². The van der Waals surface area contributed by atoms with E-state index in [1.807, 2.05) is 29.9 Å². The summed E-state index contributed by atoms with van der Waals surface area (Å²) < 4.78 is 12.4. The summed E-state index contributed by atoms with van der Waals surface area (Å²) in [6.07, 6.45) is 1.89.